The van der Waals surface area contributed by atoms with Crippen molar-refractivity contribution in [1.29, 1.82) is 0 Å². The number of hydrogen-bond donors (Lipinski definition) is 2. The minimum absolute atomic E-state index is 0. The third kappa shape index (κ3) is 3.66. The van der Waals surface area contributed by atoms with Gasteiger partial charge in [-0.15, -0.1) is 12.4 Å². The van der Waals surface area contributed by atoms with Crippen molar-refractivity contribution < 1.29 is 13.9 Å². The van der Waals surface area contributed by atoms with Crippen LogP contribution in [0.25, 0.3) is 11.1 Å². The van der Waals surface area contributed by atoms with Crippen LogP contribution < -0.4 is 11.1 Å². The number of nitrogens with zero attached hydrogens (tertiary/aromatic N) is 1. The van der Waals surface area contributed by atoms with Crippen LogP contribution in [0.2, 0.25) is 0 Å². The van der Waals surface area contributed by atoms with E-state index in [1.807, 2.05) is 0 Å². The second-order valence-corrected chi connectivity index (χ2v) is 4.00. The van der Waals surface area contributed by atoms with Gasteiger partial charge in [0.1, 0.15) is 12.1 Å². The molecule has 0 aliphatic carbocycles. The molecule has 1 atom stereocenters. The number of fused-ring (bicyclic) bond motifs is 1. The lowest BCUT2D eigenvalue weighted by atomic mass is 10.2. The zero-order chi connectivity index (χ0) is 13.1. The van der Waals surface area contributed by atoms with E-state index in [0.717, 1.165) is 0 Å². The Balaban J connectivity index is 0.00000180. The van der Waals surface area contributed by atoms with Crippen LogP contribution in [0.1, 0.15) is 12.8 Å². The predicted octanol–water partition coefficient (Wildman–Crippen LogP) is 1.68. The van der Waals surface area contributed by atoms with E-state index in [-0.39, 0.29) is 18.3 Å². The van der Waals surface area contributed by atoms with Crippen LogP contribution in [-0.2, 0) is 16.1 Å². The van der Waals surface area contributed by atoms with Gasteiger partial charge in [0.25, 0.3) is 0 Å². The smallest absolute Gasteiger partial charge is 0.240 e. The molecule has 1 heterocycles. The largest absolute Gasteiger partial charge is 0.438 e. The van der Waals surface area contributed by atoms with Gasteiger partial charge in [0, 0.05) is 12.8 Å². The third-order valence-corrected chi connectivity index (χ3v) is 2.38. The number of carbonyl (C=O) groups is 1. The van der Waals surface area contributed by atoms with Gasteiger partial charge in [-0.3, -0.25) is 4.79 Å². The fraction of sp³-hybridized carbons (Fsp3) is 0.333. The molecule has 7 heteroatoms. The number of nitrogens with one attached hydrogen (secondary N) is 1. The molecule has 0 spiro atoms. The number of nitrogens with two attached hydrogens (primary N) is 1. The minimum atomic E-state index is -0.554. The lowest BCUT2D eigenvalue weighted by molar-refractivity contribution is -0.117. The summed E-state index contributed by atoms with van der Waals surface area (Å²) < 4.78 is 10.4. The highest BCUT2D eigenvalue weighted by atomic mass is 35.5. The predicted molar refractivity (Wildman–Crippen MR) is 74.2 cm³/mol. The number of methoxy groups -OCH3 is 1. The van der Waals surface area contributed by atoms with E-state index in [0.29, 0.717) is 29.3 Å². The Morgan fingerprint density at radius 3 is 2.95 bits per heavy atom. The molecule has 6 nitrogen and oxygen atoms in total. The van der Waals surface area contributed by atoms with Crippen LogP contribution in [0, 0.1) is 0 Å². The van der Waals surface area contributed by atoms with Crippen LogP contribution in [0.5, 0.6) is 0 Å². The Bertz CT molecular complexity index is 568. The van der Waals surface area contributed by atoms with Crippen molar-refractivity contribution in [3.05, 3.63) is 24.1 Å². The van der Waals surface area contributed by atoms with Gasteiger partial charge in [-0.05, 0) is 25.1 Å². The van der Waals surface area contributed by atoms with Crippen LogP contribution in [0.15, 0.2) is 22.6 Å². The summed E-state index contributed by atoms with van der Waals surface area (Å²) in [5, 5.41) is 2.70. The van der Waals surface area contributed by atoms with Gasteiger partial charge in [-0.1, -0.05) is 0 Å². The first-order valence-corrected chi connectivity index (χ1v) is 5.55. The molecule has 1 aromatic carbocycles. The molecule has 0 radical (unpaired) electrons. The second-order valence-electron chi connectivity index (χ2n) is 4.00. The number of carbonyl (C=O) groups excluding carboxylic acids is 1. The monoisotopic (exact) mass is 285 g/mol. The number of halogens is 1. The molecule has 0 aliphatic rings. The van der Waals surface area contributed by atoms with Gasteiger partial charge < -0.3 is 20.2 Å². The normalized spacial score (nSPS) is 11.9. The first-order valence-electron chi connectivity index (χ1n) is 5.55. The van der Waals surface area contributed by atoms with Crippen LogP contribution >= 0.6 is 12.4 Å². The number of hydrogen-bond acceptors (Lipinski definition) is 5. The molecule has 0 fully saturated rings. The van der Waals surface area contributed by atoms with Gasteiger partial charge in [0.15, 0.2) is 5.58 Å². The van der Waals surface area contributed by atoms with Crippen molar-refractivity contribution in [3.63, 3.8) is 0 Å². The SMILES string of the molecule is COCc1nc2cc(NC(=O)[C@H](C)N)ccc2o1.Cl. The highest BCUT2D eigenvalue weighted by Crippen LogP contribution is 2.20. The highest BCUT2D eigenvalue weighted by Gasteiger charge is 2.10. The van der Waals surface area contributed by atoms with E-state index < -0.39 is 6.04 Å². The Morgan fingerprint density at radius 2 is 2.32 bits per heavy atom. The molecule has 2 aromatic rings. The van der Waals surface area contributed by atoms with Gasteiger partial charge >= 0.3 is 0 Å². The topological polar surface area (TPSA) is 90.4 Å². The first-order chi connectivity index (χ1) is 8.60. The van der Waals surface area contributed by atoms with E-state index >= 15 is 0 Å². The summed E-state index contributed by atoms with van der Waals surface area (Å²) in [5.74, 6) is 0.262. The minimum Gasteiger partial charge on any atom is -0.438 e. The standard InChI is InChI=1S/C12H15N3O3.ClH/c1-7(13)12(16)14-8-3-4-10-9(5-8)15-11(18-10)6-17-2;/h3-5,7H,6,13H2,1-2H3,(H,14,16);1H/t7-;/m0./s1. The first kappa shape index (κ1) is 15.4. The summed E-state index contributed by atoms with van der Waals surface area (Å²) in [6.45, 7) is 1.94. The maximum atomic E-state index is 11.5. The summed E-state index contributed by atoms with van der Waals surface area (Å²) in [5.41, 5.74) is 7.44. The van der Waals surface area contributed by atoms with E-state index in [9.17, 15) is 4.79 Å². The van der Waals surface area contributed by atoms with Crippen molar-refractivity contribution in [1.82, 2.24) is 4.98 Å². The van der Waals surface area contributed by atoms with E-state index in [2.05, 4.69) is 10.3 Å². The van der Waals surface area contributed by atoms with Crippen molar-refractivity contribution in [3.8, 4) is 0 Å². The molecule has 0 unspecified atom stereocenters. The lowest BCUT2D eigenvalue weighted by Crippen LogP contribution is -2.32. The van der Waals surface area contributed by atoms with Crippen molar-refractivity contribution in [2.45, 2.75) is 19.6 Å². The highest BCUT2D eigenvalue weighted by molar-refractivity contribution is 5.95. The maximum absolute atomic E-state index is 11.5. The van der Waals surface area contributed by atoms with E-state index in [1.54, 1.807) is 32.2 Å². The Morgan fingerprint density at radius 1 is 1.58 bits per heavy atom. The van der Waals surface area contributed by atoms with Crippen LogP contribution in [-0.4, -0.2) is 24.0 Å². The zero-order valence-corrected chi connectivity index (χ0v) is 11.5. The summed E-state index contributed by atoms with van der Waals surface area (Å²) in [6, 6.07) is 4.67. The second kappa shape index (κ2) is 6.51. The van der Waals surface area contributed by atoms with Gasteiger partial charge in [-0.2, -0.15) is 0 Å². The molecule has 1 aromatic heterocycles. The molecule has 3 N–H and O–H groups in total. The number of oxazole rings is 1. The number of ether oxygens (including phenoxy) is 1. The number of anilines is 1. The number of benzene rings is 1. The molecule has 104 valence electrons. The van der Waals surface area contributed by atoms with Crippen molar-refractivity contribution in [2.24, 2.45) is 5.73 Å². The average molecular weight is 286 g/mol. The molecule has 1 amide bonds. The Hall–Kier alpha value is -1.63. The third-order valence-electron chi connectivity index (χ3n) is 2.38. The molecule has 0 saturated carbocycles. The van der Waals surface area contributed by atoms with Gasteiger partial charge in [-0.25, -0.2) is 4.98 Å². The van der Waals surface area contributed by atoms with E-state index in [1.165, 1.54) is 0 Å². The fourth-order valence-corrected chi connectivity index (χ4v) is 1.49. The molecule has 2 rings (SSSR count). The van der Waals surface area contributed by atoms with Gasteiger partial charge in [0.2, 0.25) is 11.8 Å². The van der Waals surface area contributed by atoms with Crippen molar-refractivity contribution >= 4 is 35.1 Å². The maximum Gasteiger partial charge on any atom is 0.240 e. The molecule has 0 aliphatic heterocycles. The van der Waals surface area contributed by atoms with Crippen LogP contribution in [0.4, 0.5) is 5.69 Å². The summed E-state index contributed by atoms with van der Waals surface area (Å²) >= 11 is 0. The van der Waals surface area contributed by atoms with Crippen molar-refractivity contribution in [2.75, 3.05) is 12.4 Å². The molecule has 0 saturated heterocycles. The quantitative estimate of drug-likeness (QED) is 0.892. The lowest BCUT2D eigenvalue weighted by Gasteiger charge is -2.06. The van der Waals surface area contributed by atoms with Crippen LogP contribution in [0.3, 0.4) is 0 Å². The fourth-order valence-electron chi connectivity index (χ4n) is 1.49. The summed E-state index contributed by atoms with van der Waals surface area (Å²) in [4.78, 5) is 15.7. The number of rotatable bonds is 4. The molecular weight excluding hydrogens is 270 g/mol. The van der Waals surface area contributed by atoms with E-state index in [4.69, 9.17) is 14.9 Å². The average Bonchev–Trinajstić information content (AvgIpc) is 2.71. The Labute approximate surface area is 116 Å². The van der Waals surface area contributed by atoms with Gasteiger partial charge in [0.05, 0.1) is 6.04 Å². The zero-order valence-electron chi connectivity index (χ0n) is 10.7. The summed E-state index contributed by atoms with van der Waals surface area (Å²) in [7, 11) is 1.57. The number of aromatic nitrogens is 1. The molecular formula is C12H16ClN3O3. The summed E-state index contributed by atoms with van der Waals surface area (Å²) in [6.07, 6.45) is 0. The number of amides is 1. The molecule has 0 bridgehead atoms. The Kier molecular flexibility index (Phi) is 5.29. The molecule has 19 heavy (non-hydrogen) atoms.